The van der Waals surface area contributed by atoms with E-state index in [1.54, 1.807) is 6.08 Å². The lowest BCUT2D eigenvalue weighted by molar-refractivity contribution is -0.111. The highest BCUT2D eigenvalue weighted by Crippen LogP contribution is 2.64. The third-order valence-corrected chi connectivity index (χ3v) is 7.85. The van der Waals surface area contributed by atoms with E-state index in [1.807, 2.05) is 6.92 Å². The lowest BCUT2D eigenvalue weighted by Gasteiger charge is -2.55. The molecule has 4 rings (SSSR count). The number of allylic oxidation sites excluding steroid dienone is 1. The summed E-state index contributed by atoms with van der Waals surface area (Å²) in [4.78, 5) is 11.8. The second-order valence-electron chi connectivity index (χ2n) is 8.61. The molecule has 3 fully saturated rings. The van der Waals surface area contributed by atoms with Crippen LogP contribution in [0.2, 0.25) is 0 Å². The maximum absolute atomic E-state index is 11.8. The van der Waals surface area contributed by atoms with Crippen molar-refractivity contribution in [1.29, 1.82) is 5.41 Å². The molecule has 120 valence electrons. The molecule has 0 aromatic rings. The molecule has 4 aliphatic carbocycles. The number of hydrogen-bond donors (Lipinski definition) is 2. The zero-order chi connectivity index (χ0) is 15.7. The standard InChI is InChI=1S/C19H27NO2/c1-18-7-5-12-13(15(18)6-8-19(18,2)22)4-3-11-9-17(21)16(20)10-14(11)12/h9,12-15,20,22H,3-8,10H2,1-2H3. The highest BCUT2D eigenvalue weighted by Gasteiger charge is 2.60. The number of hydrogen-bond acceptors (Lipinski definition) is 3. The number of rotatable bonds is 0. The van der Waals surface area contributed by atoms with Crippen LogP contribution in [-0.4, -0.2) is 22.2 Å². The van der Waals surface area contributed by atoms with Crippen molar-refractivity contribution in [3.8, 4) is 0 Å². The van der Waals surface area contributed by atoms with Gasteiger partial charge in [-0.05, 0) is 87.0 Å². The van der Waals surface area contributed by atoms with Crippen molar-refractivity contribution in [2.24, 2.45) is 29.1 Å². The van der Waals surface area contributed by atoms with E-state index < -0.39 is 5.60 Å². The molecule has 0 spiro atoms. The van der Waals surface area contributed by atoms with E-state index in [9.17, 15) is 9.90 Å². The number of aliphatic hydroxyl groups is 1. The molecule has 0 bridgehead atoms. The molecule has 0 aliphatic heterocycles. The average Bonchev–Trinajstić information content (AvgIpc) is 2.71. The highest BCUT2D eigenvalue weighted by atomic mass is 16.3. The number of nitrogens with one attached hydrogen (secondary N) is 1. The smallest absolute Gasteiger partial charge is 0.199 e. The Kier molecular flexibility index (Phi) is 3.01. The van der Waals surface area contributed by atoms with Gasteiger partial charge in [0.1, 0.15) is 0 Å². The van der Waals surface area contributed by atoms with Crippen LogP contribution in [0, 0.1) is 34.5 Å². The first-order valence-electron chi connectivity index (χ1n) is 8.88. The fraction of sp³-hybridized carbons (Fsp3) is 0.789. The van der Waals surface area contributed by atoms with E-state index in [1.165, 1.54) is 12.0 Å². The lowest BCUT2D eigenvalue weighted by atomic mass is 9.50. The third kappa shape index (κ3) is 1.78. The summed E-state index contributed by atoms with van der Waals surface area (Å²) >= 11 is 0. The maximum atomic E-state index is 11.8. The van der Waals surface area contributed by atoms with Gasteiger partial charge in [-0.2, -0.15) is 0 Å². The first-order chi connectivity index (χ1) is 10.3. The van der Waals surface area contributed by atoms with Gasteiger partial charge in [-0.1, -0.05) is 12.5 Å². The molecule has 4 aliphatic rings. The van der Waals surface area contributed by atoms with E-state index in [0.717, 1.165) is 32.1 Å². The van der Waals surface area contributed by atoms with Gasteiger partial charge in [0, 0.05) is 0 Å². The van der Waals surface area contributed by atoms with Gasteiger partial charge in [-0.25, -0.2) is 0 Å². The number of ketones is 1. The van der Waals surface area contributed by atoms with Crippen molar-refractivity contribution in [3.63, 3.8) is 0 Å². The molecule has 2 N–H and O–H groups in total. The Morgan fingerprint density at radius 1 is 1.18 bits per heavy atom. The van der Waals surface area contributed by atoms with Crippen LogP contribution in [0.15, 0.2) is 11.6 Å². The fourth-order valence-corrected chi connectivity index (χ4v) is 6.31. The van der Waals surface area contributed by atoms with Crippen LogP contribution in [0.5, 0.6) is 0 Å². The Labute approximate surface area is 132 Å². The van der Waals surface area contributed by atoms with Crippen LogP contribution >= 0.6 is 0 Å². The Hall–Kier alpha value is -0.960. The van der Waals surface area contributed by atoms with E-state index in [2.05, 4.69) is 6.92 Å². The molecule has 0 amide bonds. The molecular formula is C19H27NO2. The summed E-state index contributed by atoms with van der Waals surface area (Å²) in [6, 6.07) is 0. The molecule has 0 aromatic carbocycles. The van der Waals surface area contributed by atoms with Gasteiger partial charge in [0.05, 0.1) is 11.3 Å². The second kappa shape index (κ2) is 4.53. The Morgan fingerprint density at radius 2 is 1.95 bits per heavy atom. The van der Waals surface area contributed by atoms with Gasteiger partial charge in [-0.3, -0.25) is 4.79 Å². The largest absolute Gasteiger partial charge is 0.390 e. The summed E-state index contributed by atoms with van der Waals surface area (Å²) in [6.45, 7) is 4.34. The molecule has 6 unspecified atom stereocenters. The lowest BCUT2D eigenvalue weighted by Crippen LogP contribution is -2.51. The molecule has 3 nitrogen and oxygen atoms in total. The predicted molar refractivity (Wildman–Crippen MR) is 85.8 cm³/mol. The first-order valence-corrected chi connectivity index (χ1v) is 8.88. The minimum atomic E-state index is -0.520. The van der Waals surface area contributed by atoms with Crippen molar-refractivity contribution in [3.05, 3.63) is 11.6 Å². The third-order valence-electron chi connectivity index (χ3n) is 7.85. The molecule has 22 heavy (non-hydrogen) atoms. The zero-order valence-corrected chi connectivity index (χ0v) is 13.7. The molecule has 3 saturated carbocycles. The summed E-state index contributed by atoms with van der Waals surface area (Å²) in [6.07, 6.45) is 8.95. The average molecular weight is 301 g/mol. The van der Waals surface area contributed by atoms with Crippen molar-refractivity contribution >= 4 is 11.5 Å². The topological polar surface area (TPSA) is 61.1 Å². The van der Waals surface area contributed by atoms with Crippen molar-refractivity contribution < 1.29 is 9.90 Å². The number of carbonyl (C=O) groups is 1. The van der Waals surface area contributed by atoms with Gasteiger partial charge in [0.2, 0.25) is 0 Å². The van der Waals surface area contributed by atoms with Crippen LogP contribution in [0.3, 0.4) is 0 Å². The normalized spacial score (nSPS) is 51.0. The molecule has 6 atom stereocenters. The summed E-state index contributed by atoms with van der Waals surface area (Å²) in [5.74, 6) is 2.29. The first kappa shape index (κ1) is 14.6. The number of carbonyl (C=O) groups excluding carboxylic acids is 1. The quantitative estimate of drug-likeness (QED) is 0.719. The van der Waals surface area contributed by atoms with Gasteiger partial charge >= 0.3 is 0 Å². The summed E-state index contributed by atoms with van der Waals surface area (Å²) in [5, 5.41) is 18.8. The molecule has 0 radical (unpaired) electrons. The van der Waals surface area contributed by atoms with E-state index in [0.29, 0.717) is 35.8 Å². The molecule has 3 heteroatoms. The van der Waals surface area contributed by atoms with Crippen molar-refractivity contribution in [2.75, 3.05) is 0 Å². The van der Waals surface area contributed by atoms with Crippen LogP contribution in [0.4, 0.5) is 0 Å². The number of fused-ring (bicyclic) bond motifs is 5. The summed E-state index contributed by atoms with van der Waals surface area (Å²) in [5.41, 5.74) is 1.17. The molecular weight excluding hydrogens is 274 g/mol. The van der Waals surface area contributed by atoms with E-state index in [-0.39, 0.29) is 11.2 Å². The SMILES string of the molecule is CC1(O)CCC2C3CCC4=CC(=O)C(=N)CC4C3CCC21C. The Morgan fingerprint density at radius 3 is 2.73 bits per heavy atom. The Balaban J connectivity index is 1.66. The Bertz CT molecular complexity index is 576. The van der Waals surface area contributed by atoms with Crippen molar-refractivity contribution in [1.82, 2.24) is 0 Å². The van der Waals surface area contributed by atoms with Gasteiger partial charge in [0.15, 0.2) is 5.78 Å². The maximum Gasteiger partial charge on any atom is 0.199 e. The predicted octanol–water partition coefficient (Wildman–Crippen LogP) is 3.51. The molecule has 0 heterocycles. The van der Waals surface area contributed by atoms with Crippen LogP contribution in [0.1, 0.15) is 58.8 Å². The summed E-state index contributed by atoms with van der Waals surface area (Å²) in [7, 11) is 0. The summed E-state index contributed by atoms with van der Waals surface area (Å²) < 4.78 is 0. The van der Waals surface area contributed by atoms with Crippen LogP contribution < -0.4 is 0 Å². The van der Waals surface area contributed by atoms with Crippen LogP contribution in [0.25, 0.3) is 0 Å². The molecule has 0 saturated heterocycles. The fourth-order valence-electron chi connectivity index (χ4n) is 6.31. The van der Waals surface area contributed by atoms with Gasteiger partial charge in [-0.15, -0.1) is 0 Å². The minimum absolute atomic E-state index is 0.0610. The monoisotopic (exact) mass is 301 g/mol. The van der Waals surface area contributed by atoms with E-state index in [4.69, 9.17) is 5.41 Å². The highest BCUT2D eigenvalue weighted by molar-refractivity contribution is 6.43. The van der Waals surface area contributed by atoms with Gasteiger partial charge in [0.25, 0.3) is 0 Å². The minimum Gasteiger partial charge on any atom is -0.390 e. The zero-order valence-electron chi connectivity index (χ0n) is 13.7. The van der Waals surface area contributed by atoms with Crippen molar-refractivity contribution in [2.45, 2.75) is 64.4 Å². The van der Waals surface area contributed by atoms with E-state index >= 15 is 0 Å². The molecule has 0 aromatic heterocycles. The second-order valence-corrected chi connectivity index (χ2v) is 8.61. The van der Waals surface area contributed by atoms with Gasteiger partial charge < -0.3 is 10.5 Å². The van der Waals surface area contributed by atoms with Crippen LogP contribution in [-0.2, 0) is 4.79 Å².